The first-order valence-electron chi connectivity index (χ1n) is 14.6. The van der Waals surface area contributed by atoms with Crippen molar-refractivity contribution in [3.63, 3.8) is 0 Å². The SMILES string of the molecule is CCCc1cc2c(-c3ccccc3)cccc2[cH-]1.CCCc1cc2c(-c3ccccc3)cccc2[cH-]1.C[Si]C.[Cl][Ti][Cl]. The van der Waals surface area contributed by atoms with Gasteiger partial charge in [0, 0.05) is 9.52 Å². The molecule has 0 aromatic heterocycles. The number of hydrogen-bond acceptors (Lipinski definition) is 0. The molecule has 0 saturated heterocycles. The minimum atomic E-state index is -0.556. The van der Waals surface area contributed by atoms with E-state index in [9.17, 15) is 0 Å². The summed E-state index contributed by atoms with van der Waals surface area (Å²) < 4.78 is 0. The molecule has 0 aliphatic heterocycles. The quantitative estimate of drug-likeness (QED) is 0.125. The molecular formula is C38H40Cl2SiTi-2. The molecule has 0 spiro atoms. The third-order valence-corrected chi connectivity index (χ3v) is 6.87. The molecule has 216 valence electrons. The molecule has 0 bridgehead atoms. The van der Waals surface area contributed by atoms with Gasteiger partial charge in [0.1, 0.15) is 0 Å². The number of rotatable bonds is 6. The van der Waals surface area contributed by atoms with Gasteiger partial charge in [0.2, 0.25) is 0 Å². The van der Waals surface area contributed by atoms with Crippen LogP contribution >= 0.6 is 18.6 Å². The molecule has 0 saturated carbocycles. The molecule has 0 heterocycles. The van der Waals surface area contributed by atoms with Crippen LogP contribution in [0.2, 0.25) is 13.1 Å². The van der Waals surface area contributed by atoms with E-state index in [1.54, 1.807) is 0 Å². The van der Waals surface area contributed by atoms with Gasteiger partial charge in [-0.3, -0.25) is 0 Å². The average molecular weight is 644 g/mol. The Bertz CT molecular complexity index is 1460. The van der Waals surface area contributed by atoms with Crippen LogP contribution < -0.4 is 0 Å². The second-order valence-corrected chi connectivity index (χ2v) is 13.7. The Morgan fingerprint density at radius 1 is 0.571 bits per heavy atom. The maximum atomic E-state index is 4.89. The summed E-state index contributed by atoms with van der Waals surface area (Å²) in [5.41, 5.74) is 8.20. The zero-order valence-electron chi connectivity index (χ0n) is 25.1. The van der Waals surface area contributed by atoms with Gasteiger partial charge in [0.15, 0.2) is 0 Å². The maximum absolute atomic E-state index is 4.89. The summed E-state index contributed by atoms with van der Waals surface area (Å²) in [6.07, 6.45) is 4.75. The van der Waals surface area contributed by atoms with Gasteiger partial charge in [-0.2, -0.15) is 12.1 Å². The molecule has 6 rings (SSSR count). The summed E-state index contributed by atoms with van der Waals surface area (Å²) in [5.74, 6) is 0. The summed E-state index contributed by atoms with van der Waals surface area (Å²) >= 11 is -0.556. The zero-order chi connectivity index (χ0) is 30.2. The Morgan fingerprint density at radius 2 is 0.929 bits per heavy atom. The molecule has 0 amide bonds. The second kappa shape index (κ2) is 19.0. The Balaban J connectivity index is 0.000000195. The van der Waals surface area contributed by atoms with Crippen LogP contribution in [-0.2, 0) is 29.9 Å². The fourth-order valence-electron chi connectivity index (χ4n) is 5.20. The number of hydrogen-bond donors (Lipinski definition) is 0. The van der Waals surface area contributed by atoms with Crippen molar-refractivity contribution in [2.24, 2.45) is 0 Å². The van der Waals surface area contributed by atoms with Crippen molar-refractivity contribution in [3.05, 3.63) is 132 Å². The molecule has 4 heteroatoms. The van der Waals surface area contributed by atoms with E-state index in [2.05, 4.69) is 148 Å². The van der Waals surface area contributed by atoms with Gasteiger partial charge < -0.3 is 0 Å². The van der Waals surface area contributed by atoms with Crippen LogP contribution in [0.4, 0.5) is 0 Å². The van der Waals surface area contributed by atoms with Crippen LogP contribution in [0.5, 0.6) is 0 Å². The summed E-state index contributed by atoms with van der Waals surface area (Å²) in [4.78, 5) is 0. The Hall–Kier alpha value is -2.39. The zero-order valence-corrected chi connectivity index (χ0v) is 29.2. The molecule has 0 atom stereocenters. The number of halogens is 2. The molecule has 6 aromatic rings. The van der Waals surface area contributed by atoms with Crippen LogP contribution in [0, 0.1) is 0 Å². The van der Waals surface area contributed by atoms with Crippen molar-refractivity contribution in [1.82, 2.24) is 0 Å². The molecule has 42 heavy (non-hydrogen) atoms. The summed E-state index contributed by atoms with van der Waals surface area (Å²) in [6, 6.07) is 43.8. The van der Waals surface area contributed by atoms with Gasteiger partial charge in [0.25, 0.3) is 0 Å². The van der Waals surface area contributed by atoms with Crippen molar-refractivity contribution in [2.45, 2.75) is 52.6 Å². The van der Waals surface area contributed by atoms with E-state index >= 15 is 0 Å². The van der Waals surface area contributed by atoms with Crippen LogP contribution in [0.1, 0.15) is 37.8 Å². The van der Waals surface area contributed by atoms with Gasteiger partial charge in [-0.25, -0.2) is 0 Å². The predicted molar refractivity (Wildman–Crippen MR) is 187 cm³/mol. The van der Waals surface area contributed by atoms with Crippen molar-refractivity contribution in [3.8, 4) is 22.3 Å². The van der Waals surface area contributed by atoms with E-state index in [0.717, 1.165) is 9.52 Å². The summed E-state index contributed by atoms with van der Waals surface area (Å²) in [6.45, 7) is 8.77. The van der Waals surface area contributed by atoms with E-state index in [1.807, 2.05) is 0 Å². The second-order valence-electron chi connectivity index (χ2n) is 10.1. The fraction of sp³-hybridized carbons (Fsp3) is 0.211. The first kappa shape index (κ1) is 34.1. The van der Waals surface area contributed by atoms with Crippen LogP contribution in [0.15, 0.2) is 121 Å². The van der Waals surface area contributed by atoms with Crippen LogP contribution in [-0.4, -0.2) is 9.52 Å². The van der Waals surface area contributed by atoms with Crippen LogP contribution in [0.3, 0.4) is 0 Å². The van der Waals surface area contributed by atoms with E-state index in [-0.39, 0.29) is 0 Å². The van der Waals surface area contributed by atoms with Gasteiger partial charge >= 0.3 is 35.6 Å². The third kappa shape index (κ3) is 9.83. The topological polar surface area (TPSA) is 0 Å². The van der Waals surface area contributed by atoms with Crippen molar-refractivity contribution >= 4 is 49.7 Å². The molecule has 2 radical (unpaired) electrons. The van der Waals surface area contributed by atoms with Crippen molar-refractivity contribution < 1.29 is 17.0 Å². The summed E-state index contributed by atoms with van der Waals surface area (Å²) in [7, 11) is 10.9. The Labute approximate surface area is 272 Å². The summed E-state index contributed by atoms with van der Waals surface area (Å²) in [5, 5.41) is 5.49. The van der Waals surface area contributed by atoms with E-state index < -0.39 is 17.0 Å². The molecule has 0 aliphatic rings. The van der Waals surface area contributed by atoms with Gasteiger partial charge in [-0.15, -0.1) is 69.1 Å². The van der Waals surface area contributed by atoms with E-state index in [1.165, 1.54) is 80.6 Å². The van der Waals surface area contributed by atoms with Crippen LogP contribution in [0.25, 0.3) is 43.8 Å². The van der Waals surface area contributed by atoms with Gasteiger partial charge in [-0.05, 0) is 24.0 Å². The minimum absolute atomic E-state index is 0.556. The molecular weight excluding hydrogens is 603 g/mol. The molecule has 6 aromatic carbocycles. The first-order chi connectivity index (χ1) is 20.6. The monoisotopic (exact) mass is 642 g/mol. The predicted octanol–water partition coefficient (Wildman–Crippen LogP) is 12.5. The average Bonchev–Trinajstić information content (AvgIpc) is 3.63. The normalized spacial score (nSPS) is 10.1. The molecule has 0 nitrogen and oxygen atoms in total. The van der Waals surface area contributed by atoms with Crippen molar-refractivity contribution in [1.29, 1.82) is 0 Å². The van der Waals surface area contributed by atoms with Gasteiger partial charge in [0.05, 0.1) is 0 Å². The first-order valence-corrected chi connectivity index (χ1v) is 20.9. The fourth-order valence-corrected chi connectivity index (χ4v) is 5.20. The molecule has 0 fully saturated rings. The number of aryl methyl sites for hydroxylation is 2. The molecule has 0 unspecified atom stereocenters. The van der Waals surface area contributed by atoms with Gasteiger partial charge in [-0.1, -0.05) is 124 Å². The Morgan fingerprint density at radius 3 is 1.26 bits per heavy atom. The number of fused-ring (bicyclic) bond motifs is 2. The Kier molecular flexibility index (Phi) is 15.4. The third-order valence-electron chi connectivity index (χ3n) is 6.87. The number of benzene rings is 4. The molecule has 0 N–H and O–H groups in total. The van der Waals surface area contributed by atoms with Crippen molar-refractivity contribution in [2.75, 3.05) is 0 Å². The van der Waals surface area contributed by atoms with E-state index in [0.29, 0.717) is 0 Å². The molecule has 0 aliphatic carbocycles. The van der Waals surface area contributed by atoms with E-state index in [4.69, 9.17) is 18.6 Å². The standard InChI is InChI=1S/2C18H17.C2H6Si.2ClH.Ti/c2*1-2-7-14-12-16-10-6-11-17(18(16)13-14)15-8-4-3-5-9-15;1-3-2;;;/h2*3-6,8-13H,2,7H2,1H3;1-2H3;2*1H;/q2*-1;;;;+2/p-2.